The van der Waals surface area contributed by atoms with Gasteiger partial charge in [-0.1, -0.05) is 0 Å². The molecule has 5 nitrogen and oxygen atoms in total. The van der Waals surface area contributed by atoms with Crippen molar-refractivity contribution in [3.63, 3.8) is 0 Å². The highest BCUT2D eigenvalue weighted by Crippen LogP contribution is 2.29. The van der Waals surface area contributed by atoms with Crippen LogP contribution in [-0.2, 0) is 13.1 Å². The maximum Gasteiger partial charge on any atom is 0.213 e. The number of nitrogens with one attached hydrogen (secondary N) is 2. The fraction of sp³-hybridized carbons (Fsp3) is 0.474. The third kappa shape index (κ3) is 6.05. The van der Waals surface area contributed by atoms with E-state index >= 15 is 0 Å². The van der Waals surface area contributed by atoms with E-state index in [9.17, 15) is 0 Å². The molecule has 0 bridgehead atoms. The number of rotatable bonds is 8. The Hall–Kier alpha value is -2.08. The van der Waals surface area contributed by atoms with Gasteiger partial charge in [-0.05, 0) is 56.4 Å². The summed E-state index contributed by atoms with van der Waals surface area (Å²) in [5, 5.41) is 6.68. The van der Waals surface area contributed by atoms with Crippen LogP contribution in [0.4, 0.5) is 0 Å². The summed E-state index contributed by atoms with van der Waals surface area (Å²) in [5.74, 6) is 2.26. The van der Waals surface area contributed by atoms with E-state index in [0.29, 0.717) is 12.4 Å². The van der Waals surface area contributed by atoms with Crippen LogP contribution in [0.3, 0.4) is 0 Å². The van der Waals surface area contributed by atoms with Crippen molar-refractivity contribution < 1.29 is 4.74 Å². The Morgan fingerprint density at radius 3 is 2.92 bits per heavy atom. The molecule has 2 aromatic heterocycles. The van der Waals surface area contributed by atoms with E-state index < -0.39 is 0 Å². The van der Waals surface area contributed by atoms with Gasteiger partial charge in [0, 0.05) is 28.6 Å². The zero-order valence-electron chi connectivity index (χ0n) is 14.9. The number of aliphatic imine (C=N–C) groups is 1. The van der Waals surface area contributed by atoms with Gasteiger partial charge in [0.15, 0.2) is 5.96 Å². The number of aromatic nitrogens is 1. The maximum absolute atomic E-state index is 5.74. The Kier molecular flexibility index (Phi) is 6.28. The first kappa shape index (κ1) is 17.7. The Balaban J connectivity index is 1.55. The van der Waals surface area contributed by atoms with E-state index in [1.807, 2.05) is 12.1 Å². The summed E-state index contributed by atoms with van der Waals surface area (Å²) in [5.41, 5.74) is 1.10. The molecule has 2 N–H and O–H groups in total. The molecule has 0 amide bonds. The summed E-state index contributed by atoms with van der Waals surface area (Å²) in [6.45, 7) is 7.20. The van der Waals surface area contributed by atoms with E-state index in [0.717, 1.165) is 37.1 Å². The molecule has 0 aromatic carbocycles. The lowest BCUT2D eigenvalue weighted by molar-refractivity contribution is 0.288. The molecule has 6 heteroatoms. The van der Waals surface area contributed by atoms with Gasteiger partial charge in [-0.25, -0.2) is 9.98 Å². The van der Waals surface area contributed by atoms with Crippen LogP contribution in [0.15, 0.2) is 35.5 Å². The molecule has 0 aliphatic heterocycles. The Morgan fingerprint density at radius 2 is 2.20 bits per heavy atom. The highest BCUT2D eigenvalue weighted by atomic mass is 32.1. The van der Waals surface area contributed by atoms with Crippen LogP contribution in [0.5, 0.6) is 5.88 Å². The number of aryl methyl sites for hydroxylation is 1. The fourth-order valence-electron chi connectivity index (χ4n) is 2.38. The molecule has 1 saturated carbocycles. The highest BCUT2D eigenvalue weighted by molar-refractivity contribution is 7.11. The van der Waals surface area contributed by atoms with Crippen LogP contribution >= 0.6 is 11.3 Å². The standard InChI is InChI=1S/C19H26N4OS/c1-3-20-19(23-12-17-7-4-14(2)25-17)22-11-16-8-9-21-18(10-16)24-13-15-5-6-15/h4,7-10,15H,3,5-6,11-13H2,1-2H3,(H2,20,22,23). The molecule has 25 heavy (non-hydrogen) atoms. The molecule has 0 unspecified atom stereocenters. The van der Waals surface area contributed by atoms with E-state index in [2.05, 4.69) is 46.6 Å². The molecule has 0 spiro atoms. The lowest BCUT2D eigenvalue weighted by atomic mass is 10.3. The lowest BCUT2D eigenvalue weighted by Gasteiger charge is -2.11. The van der Waals surface area contributed by atoms with Gasteiger partial charge in [0.05, 0.1) is 19.7 Å². The monoisotopic (exact) mass is 358 g/mol. The van der Waals surface area contributed by atoms with Crippen molar-refractivity contribution in [2.45, 2.75) is 39.8 Å². The predicted molar refractivity (Wildman–Crippen MR) is 103 cm³/mol. The van der Waals surface area contributed by atoms with Crippen molar-refractivity contribution in [3.8, 4) is 5.88 Å². The third-order valence-corrected chi connectivity index (χ3v) is 4.95. The van der Waals surface area contributed by atoms with E-state index in [1.165, 1.54) is 22.6 Å². The molecule has 1 aliphatic rings. The number of guanidine groups is 1. The number of hydrogen-bond donors (Lipinski definition) is 2. The van der Waals surface area contributed by atoms with Gasteiger partial charge in [0.25, 0.3) is 0 Å². The molecule has 2 aromatic rings. The second kappa shape index (κ2) is 8.85. The largest absolute Gasteiger partial charge is 0.477 e. The number of nitrogens with zero attached hydrogens (tertiary/aromatic N) is 2. The zero-order valence-corrected chi connectivity index (χ0v) is 15.7. The molecule has 1 fully saturated rings. The number of thiophene rings is 1. The topological polar surface area (TPSA) is 58.5 Å². The van der Waals surface area contributed by atoms with Crippen molar-refractivity contribution in [3.05, 3.63) is 45.8 Å². The first-order valence-electron chi connectivity index (χ1n) is 8.88. The fourth-order valence-corrected chi connectivity index (χ4v) is 3.21. The molecular formula is C19H26N4OS. The lowest BCUT2D eigenvalue weighted by Crippen LogP contribution is -2.36. The summed E-state index contributed by atoms with van der Waals surface area (Å²) in [6.07, 6.45) is 4.36. The second-order valence-electron chi connectivity index (χ2n) is 6.32. The van der Waals surface area contributed by atoms with E-state index in [4.69, 9.17) is 4.74 Å². The molecule has 3 rings (SSSR count). The number of ether oxygens (including phenoxy) is 1. The van der Waals surface area contributed by atoms with Crippen LogP contribution in [0.25, 0.3) is 0 Å². The molecule has 0 saturated heterocycles. The van der Waals surface area contributed by atoms with Crippen molar-refractivity contribution in [2.24, 2.45) is 10.9 Å². The summed E-state index contributed by atoms with van der Waals surface area (Å²) in [6, 6.07) is 8.27. The summed E-state index contributed by atoms with van der Waals surface area (Å²) < 4.78 is 5.74. The molecule has 0 atom stereocenters. The van der Waals surface area contributed by atoms with Crippen molar-refractivity contribution in [1.82, 2.24) is 15.6 Å². The van der Waals surface area contributed by atoms with Gasteiger partial charge < -0.3 is 15.4 Å². The van der Waals surface area contributed by atoms with Crippen LogP contribution in [0.2, 0.25) is 0 Å². The van der Waals surface area contributed by atoms with Gasteiger partial charge >= 0.3 is 0 Å². The molecular weight excluding hydrogens is 332 g/mol. The van der Waals surface area contributed by atoms with Crippen molar-refractivity contribution in [1.29, 1.82) is 0 Å². The SMILES string of the molecule is CCNC(=NCc1ccnc(OCC2CC2)c1)NCc1ccc(C)s1. The van der Waals surface area contributed by atoms with Gasteiger partial charge in [-0.2, -0.15) is 0 Å². The minimum atomic E-state index is 0.598. The summed E-state index contributed by atoms with van der Waals surface area (Å²) in [4.78, 5) is 11.6. The summed E-state index contributed by atoms with van der Waals surface area (Å²) in [7, 11) is 0. The van der Waals surface area contributed by atoms with Crippen LogP contribution in [0.1, 0.15) is 35.1 Å². The normalized spacial score (nSPS) is 14.4. The van der Waals surface area contributed by atoms with Gasteiger partial charge in [-0.3, -0.25) is 0 Å². The molecule has 2 heterocycles. The number of hydrogen-bond acceptors (Lipinski definition) is 4. The van der Waals surface area contributed by atoms with Gasteiger partial charge in [-0.15, -0.1) is 11.3 Å². The van der Waals surface area contributed by atoms with Crippen molar-refractivity contribution in [2.75, 3.05) is 13.2 Å². The molecule has 134 valence electrons. The van der Waals surface area contributed by atoms with Crippen LogP contribution < -0.4 is 15.4 Å². The summed E-state index contributed by atoms with van der Waals surface area (Å²) >= 11 is 1.81. The molecule has 0 radical (unpaired) electrons. The Bertz CT molecular complexity index is 709. The Morgan fingerprint density at radius 1 is 1.32 bits per heavy atom. The number of pyridine rings is 1. The zero-order chi connectivity index (χ0) is 17.5. The van der Waals surface area contributed by atoms with E-state index in [-0.39, 0.29) is 0 Å². The van der Waals surface area contributed by atoms with E-state index in [1.54, 1.807) is 17.5 Å². The Labute approximate surface area is 153 Å². The first-order chi connectivity index (χ1) is 12.2. The predicted octanol–water partition coefficient (Wildman–Crippen LogP) is 3.50. The van der Waals surface area contributed by atoms with Crippen molar-refractivity contribution >= 4 is 17.3 Å². The average molecular weight is 359 g/mol. The maximum atomic E-state index is 5.74. The minimum absolute atomic E-state index is 0.598. The van der Waals surface area contributed by atoms with Crippen LogP contribution in [0, 0.1) is 12.8 Å². The minimum Gasteiger partial charge on any atom is -0.477 e. The van der Waals surface area contributed by atoms with Gasteiger partial charge in [0.1, 0.15) is 0 Å². The third-order valence-electron chi connectivity index (χ3n) is 3.95. The highest BCUT2D eigenvalue weighted by Gasteiger charge is 2.22. The average Bonchev–Trinajstić information content (AvgIpc) is 3.36. The molecule has 1 aliphatic carbocycles. The van der Waals surface area contributed by atoms with Gasteiger partial charge in [0.2, 0.25) is 5.88 Å². The second-order valence-corrected chi connectivity index (χ2v) is 7.69. The smallest absolute Gasteiger partial charge is 0.213 e. The first-order valence-corrected chi connectivity index (χ1v) is 9.70. The van der Waals surface area contributed by atoms with Crippen LogP contribution in [-0.4, -0.2) is 24.1 Å². The quantitative estimate of drug-likeness (QED) is 0.560.